The van der Waals surface area contributed by atoms with Gasteiger partial charge in [0, 0.05) is 36.5 Å². The Morgan fingerprint density at radius 1 is 1.47 bits per heavy atom. The fourth-order valence-corrected chi connectivity index (χ4v) is 2.73. The van der Waals surface area contributed by atoms with E-state index >= 15 is 0 Å². The Hall–Kier alpha value is -1.14. The van der Waals surface area contributed by atoms with Crippen LogP contribution in [0.1, 0.15) is 18.5 Å². The molecule has 0 aromatic carbocycles. The van der Waals surface area contributed by atoms with Crippen LogP contribution >= 0.6 is 15.9 Å². The summed E-state index contributed by atoms with van der Waals surface area (Å²) >= 11 is 3.38. The van der Waals surface area contributed by atoms with Gasteiger partial charge in [0.2, 0.25) is 0 Å². The summed E-state index contributed by atoms with van der Waals surface area (Å²) in [4.78, 5) is 18.2. The third kappa shape index (κ3) is 2.74. The molecule has 0 spiro atoms. The number of anilines is 1. The average molecular weight is 327 g/mol. The Labute approximate surface area is 120 Å². The van der Waals surface area contributed by atoms with E-state index < -0.39 is 0 Å². The second-order valence-electron chi connectivity index (χ2n) is 4.72. The van der Waals surface area contributed by atoms with E-state index in [0.717, 1.165) is 35.1 Å². The minimum Gasteiger partial charge on any atom is -0.446 e. The van der Waals surface area contributed by atoms with E-state index in [2.05, 4.69) is 20.9 Å². The van der Waals surface area contributed by atoms with Gasteiger partial charge in [-0.3, -0.25) is 9.88 Å². The van der Waals surface area contributed by atoms with Crippen molar-refractivity contribution < 1.29 is 14.3 Å². The van der Waals surface area contributed by atoms with Gasteiger partial charge in [-0.2, -0.15) is 0 Å². The average Bonchev–Trinajstić information content (AvgIpc) is 2.82. The first-order valence-corrected chi connectivity index (χ1v) is 7.23. The normalized spacial score (nSPS) is 19.3. The number of pyridine rings is 1. The van der Waals surface area contributed by atoms with Crippen LogP contribution in [0.2, 0.25) is 0 Å². The predicted octanol–water partition coefficient (Wildman–Crippen LogP) is 2.52. The van der Waals surface area contributed by atoms with E-state index in [9.17, 15) is 4.79 Å². The van der Waals surface area contributed by atoms with Crippen molar-refractivity contribution in [1.29, 1.82) is 0 Å². The number of ether oxygens (including phenoxy) is 2. The lowest BCUT2D eigenvalue weighted by Gasteiger charge is -2.25. The van der Waals surface area contributed by atoms with Gasteiger partial charge in [-0.15, -0.1) is 0 Å². The SMILES string of the molecule is O=C(OC1CCOCC1)N1CCc2ncc(Br)cc21. The Bertz CT molecular complexity index is 489. The van der Waals surface area contributed by atoms with Crippen molar-refractivity contribution in [2.24, 2.45) is 0 Å². The third-order valence-electron chi connectivity index (χ3n) is 3.43. The fraction of sp³-hybridized carbons (Fsp3) is 0.538. The monoisotopic (exact) mass is 326 g/mol. The minimum atomic E-state index is -0.273. The molecule has 0 aliphatic carbocycles. The van der Waals surface area contributed by atoms with Crippen molar-refractivity contribution in [1.82, 2.24) is 4.98 Å². The number of nitrogens with zero attached hydrogens (tertiary/aromatic N) is 2. The second-order valence-corrected chi connectivity index (χ2v) is 5.63. The number of aromatic nitrogens is 1. The van der Waals surface area contributed by atoms with Crippen LogP contribution in [-0.2, 0) is 15.9 Å². The summed E-state index contributed by atoms with van der Waals surface area (Å²) in [6, 6.07) is 1.92. The molecule has 0 N–H and O–H groups in total. The van der Waals surface area contributed by atoms with Crippen LogP contribution in [0.3, 0.4) is 0 Å². The Kier molecular flexibility index (Phi) is 3.70. The van der Waals surface area contributed by atoms with Crippen molar-refractivity contribution in [3.8, 4) is 0 Å². The molecule has 2 aliphatic heterocycles. The van der Waals surface area contributed by atoms with Crippen LogP contribution in [0.25, 0.3) is 0 Å². The van der Waals surface area contributed by atoms with Gasteiger partial charge < -0.3 is 9.47 Å². The zero-order valence-electron chi connectivity index (χ0n) is 10.5. The fourth-order valence-electron chi connectivity index (χ4n) is 2.41. The number of carbonyl (C=O) groups excluding carboxylic acids is 1. The molecule has 0 atom stereocenters. The summed E-state index contributed by atoms with van der Waals surface area (Å²) in [5.74, 6) is 0. The van der Waals surface area contributed by atoms with Gasteiger partial charge in [-0.25, -0.2) is 4.79 Å². The lowest BCUT2D eigenvalue weighted by atomic mass is 10.2. The van der Waals surface area contributed by atoms with Gasteiger partial charge in [-0.1, -0.05) is 0 Å². The number of carbonyl (C=O) groups is 1. The maximum absolute atomic E-state index is 12.2. The van der Waals surface area contributed by atoms with Crippen LogP contribution in [0.5, 0.6) is 0 Å². The van der Waals surface area contributed by atoms with E-state index in [1.807, 2.05) is 6.07 Å². The molecular weight excluding hydrogens is 312 g/mol. The molecule has 0 unspecified atom stereocenters. The molecule has 0 radical (unpaired) electrons. The van der Waals surface area contributed by atoms with Crippen molar-refractivity contribution in [2.45, 2.75) is 25.4 Å². The van der Waals surface area contributed by atoms with Crippen molar-refractivity contribution in [2.75, 3.05) is 24.7 Å². The van der Waals surface area contributed by atoms with Crippen LogP contribution in [0.4, 0.5) is 10.5 Å². The summed E-state index contributed by atoms with van der Waals surface area (Å²) in [5, 5.41) is 0. The first-order valence-electron chi connectivity index (χ1n) is 6.44. The number of rotatable bonds is 1. The first-order chi connectivity index (χ1) is 9.24. The van der Waals surface area contributed by atoms with Gasteiger partial charge in [0.1, 0.15) is 6.10 Å². The van der Waals surface area contributed by atoms with Gasteiger partial charge >= 0.3 is 6.09 Å². The number of hydrogen-bond acceptors (Lipinski definition) is 4. The molecule has 1 aromatic rings. The van der Waals surface area contributed by atoms with E-state index in [0.29, 0.717) is 19.8 Å². The van der Waals surface area contributed by atoms with Crippen LogP contribution in [0, 0.1) is 0 Å². The molecule has 2 aliphatic rings. The number of fused-ring (bicyclic) bond motifs is 1. The van der Waals surface area contributed by atoms with Gasteiger partial charge in [0.05, 0.1) is 24.6 Å². The third-order valence-corrected chi connectivity index (χ3v) is 3.87. The highest BCUT2D eigenvalue weighted by molar-refractivity contribution is 9.10. The molecule has 1 saturated heterocycles. The molecule has 1 amide bonds. The maximum Gasteiger partial charge on any atom is 0.414 e. The molecule has 0 saturated carbocycles. The van der Waals surface area contributed by atoms with Gasteiger partial charge in [-0.05, 0) is 22.0 Å². The standard InChI is InChI=1S/C13H15BrN2O3/c14-9-7-12-11(15-8-9)1-4-16(12)13(17)19-10-2-5-18-6-3-10/h7-8,10H,1-6H2. The molecule has 3 heterocycles. The van der Waals surface area contributed by atoms with Crippen molar-refractivity contribution >= 4 is 27.7 Å². The number of halogens is 1. The van der Waals surface area contributed by atoms with Gasteiger partial charge in [0.25, 0.3) is 0 Å². The number of amides is 1. The lowest BCUT2D eigenvalue weighted by molar-refractivity contribution is 0.00393. The second kappa shape index (κ2) is 5.46. The van der Waals surface area contributed by atoms with E-state index in [4.69, 9.17) is 9.47 Å². The molecule has 19 heavy (non-hydrogen) atoms. The van der Waals surface area contributed by atoms with Crippen molar-refractivity contribution in [3.63, 3.8) is 0 Å². The first kappa shape index (κ1) is 12.9. The minimum absolute atomic E-state index is 0.0228. The van der Waals surface area contributed by atoms with Crippen LogP contribution in [-0.4, -0.2) is 36.9 Å². The number of hydrogen-bond donors (Lipinski definition) is 0. The Balaban J connectivity index is 1.70. The van der Waals surface area contributed by atoms with E-state index in [1.54, 1.807) is 11.1 Å². The molecule has 3 rings (SSSR count). The molecule has 0 bridgehead atoms. The topological polar surface area (TPSA) is 51.7 Å². The highest BCUT2D eigenvalue weighted by Gasteiger charge is 2.29. The van der Waals surface area contributed by atoms with Crippen LogP contribution in [0.15, 0.2) is 16.7 Å². The maximum atomic E-state index is 12.2. The summed E-state index contributed by atoms with van der Waals surface area (Å²) < 4.78 is 11.7. The molecule has 1 fully saturated rings. The zero-order chi connectivity index (χ0) is 13.2. The zero-order valence-corrected chi connectivity index (χ0v) is 12.1. The molecule has 1 aromatic heterocycles. The smallest absolute Gasteiger partial charge is 0.414 e. The summed E-state index contributed by atoms with van der Waals surface area (Å²) in [6.45, 7) is 1.98. The van der Waals surface area contributed by atoms with Gasteiger partial charge in [0.15, 0.2) is 0 Å². The predicted molar refractivity (Wildman–Crippen MR) is 73.3 cm³/mol. The quantitative estimate of drug-likeness (QED) is 0.795. The van der Waals surface area contributed by atoms with E-state index in [1.165, 1.54) is 0 Å². The highest BCUT2D eigenvalue weighted by atomic mass is 79.9. The highest BCUT2D eigenvalue weighted by Crippen LogP contribution is 2.30. The van der Waals surface area contributed by atoms with Crippen molar-refractivity contribution in [3.05, 3.63) is 22.4 Å². The molecule has 5 nitrogen and oxygen atoms in total. The molecule has 102 valence electrons. The molecular formula is C13H15BrN2O3. The largest absolute Gasteiger partial charge is 0.446 e. The Morgan fingerprint density at radius 3 is 3.05 bits per heavy atom. The van der Waals surface area contributed by atoms with Crippen LogP contribution < -0.4 is 4.90 Å². The summed E-state index contributed by atoms with van der Waals surface area (Å²) in [5.41, 5.74) is 1.80. The summed E-state index contributed by atoms with van der Waals surface area (Å²) in [7, 11) is 0. The van der Waals surface area contributed by atoms with E-state index in [-0.39, 0.29) is 12.2 Å². The summed E-state index contributed by atoms with van der Waals surface area (Å²) in [6.07, 6.45) is 3.81. The molecule has 6 heteroatoms. The Morgan fingerprint density at radius 2 is 2.26 bits per heavy atom. The lowest BCUT2D eigenvalue weighted by Crippen LogP contribution is -2.35.